The molecule has 0 bridgehead atoms. The number of carboxylic acid groups (broad SMARTS) is 1. The third kappa shape index (κ3) is 7.44. The summed E-state index contributed by atoms with van der Waals surface area (Å²) in [5.74, 6) is -2.12. The molecule has 0 aromatic heterocycles. The van der Waals surface area contributed by atoms with Crippen LogP contribution in [0.5, 0.6) is 0 Å². The van der Waals surface area contributed by atoms with Crippen molar-refractivity contribution in [1.82, 2.24) is 10.6 Å². The Morgan fingerprint density at radius 1 is 1.33 bits per heavy atom. The van der Waals surface area contributed by atoms with Crippen LogP contribution in [-0.4, -0.2) is 48.3 Å². The topological polar surface area (TPSA) is 131 Å². The van der Waals surface area contributed by atoms with Crippen molar-refractivity contribution in [3.63, 3.8) is 0 Å². The summed E-state index contributed by atoms with van der Waals surface area (Å²) in [4.78, 5) is 32.8. The fourth-order valence-corrected chi connectivity index (χ4v) is 1.16. The molecule has 18 heavy (non-hydrogen) atoms. The van der Waals surface area contributed by atoms with Crippen LogP contribution >= 0.6 is 0 Å². The van der Waals surface area contributed by atoms with Gasteiger partial charge in [0, 0.05) is 6.61 Å². The van der Waals surface area contributed by atoms with Gasteiger partial charge in [0.1, 0.15) is 6.04 Å². The predicted octanol–water partition coefficient (Wildman–Crippen LogP) is -0.961. The number of aliphatic carboxylic acids is 1. The molecule has 0 heterocycles. The molecule has 2 atom stereocenters. The van der Waals surface area contributed by atoms with Crippen molar-refractivity contribution < 1.29 is 24.2 Å². The quantitative estimate of drug-likeness (QED) is 0.447. The number of hydrogen-bond acceptors (Lipinski definition) is 4. The number of ether oxygens (including phenoxy) is 1. The predicted molar refractivity (Wildman–Crippen MR) is 62.9 cm³/mol. The van der Waals surface area contributed by atoms with E-state index in [1.54, 1.807) is 6.92 Å². The van der Waals surface area contributed by atoms with E-state index >= 15 is 0 Å². The number of carboxylic acids is 1. The van der Waals surface area contributed by atoms with Crippen LogP contribution in [0.15, 0.2) is 0 Å². The van der Waals surface area contributed by atoms with Crippen molar-refractivity contribution in [1.29, 1.82) is 0 Å². The second kappa shape index (κ2) is 8.29. The number of hydrogen-bond donors (Lipinski definition) is 4. The molecule has 0 rings (SSSR count). The molecule has 0 aliphatic heterocycles. The summed E-state index contributed by atoms with van der Waals surface area (Å²) < 4.78 is 5.08. The zero-order valence-electron chi connectivity index (χ0n) is 10.4. The fourth-order valence-electron chi connectivity index (χ4n) is 1.16. The highest BCUT2D eigenvalue weighted by atomic mass is 16.5. The Hall–Kier alpha value is -1.83. The highest BCUT2D eigenvalue weighted by Gasteiger charge is 2.22. The van der Waals surface area contributed by atoms with Crippen molar-refractivity contribution in [2.75, 3.05) is 13.2 Å². The normalized spacial score (nSPS) is 13.4. The largest absolute Gasteiger partial charge is 0.480 e. The van der Waals surface area contributed by atoms with Gasteiger partial charge in [0.15, 0.2) is 0 Å². The summed E-state index contributed by atoms with van der Waals surface area (Å²) in [5, 5.41) is 13.4. The first kappa shape index (κ1) is 16.2. The zero-order valence-corrected chi connectivity index (χ0v) is 10.4. The van der Waals surface area contributed by atoms with Crippen molar-refractivity contribution in [2.24, 2.45) is 5.73 Å². The maximum atomic E-state index is 11.4. The molecule has 0 saturated carbocycles. The maximum Gasteiger partial charge on any atom is 0.326 e. The average Bonchev–Trinajstić information content (AvgIpc) is 2.24. The van der Waals surface area contributed by atoms with Crippen LogP contribution in [0, 0.1) is 0 Å². The third-order valence-corrected chi connectivity index (χ3v) is 1.96. The monoisotopic (exact) mass is 261 g/mol. The Kier molecular flexibility index (Phi) is 7.45. The molecule has 0 radical (unpaired) electrons. The SMILES string of the molecule is CCOCC(C)NC(=O)N[C@@H](CC(N)=O)C(=O)O. The van der Waals surface area contributed by atoms with E-state index in [0.717, 1.165) is 0 Å². The summed E-state index contributed by atoms with van der Waals surface area (Å²) in [7, 11) is 0. The van der Waals surface area contributed by atoms with Crippen molar-refractivity contribution in [2.45, 2.75) is 32.4 Å². The number of carbonyl (C=O) groups is 3. The van der Waals surface area contributed by atoms with Gasteiger partial charge in [0.25, 0.3) is 0 Å². The lowest BCUT2D eigenvalue weighted by atomic mass is 10.2. The molecule has 0 aliphatic rings. The third-order valence-electron chi connectivity index (χ3n) is 1.96. The van der Waals surface area contributed by atoms with Gasteiger partial charge in [-0.25, -0.2) is 9.59 Å². The molecular weight excluding hydrogens is 242 g/mol. The second-order valence-electron chi connectivity index (χ2n) is 3.74. The van der Waals surface area contributed by atoms with Crippen LogP contribution in [0.4, 0.5) is 4.79 Å². The van der Waals surface area contributed by atoms with Gasteiger partial charge in [-0.15, -0.1) is 0 Å². The number of nitrogens with two attached hydrogens (primary N) is 1. The van der Waals surface area contributed by atoms with E-state index in [4.69, 9.17) is 15.6 Å². The number of rotatable bonds is 8. The van der Waals surface area contributed by atoms with Crippen molar-refractivity contribution in [3.05, 3.63) is 0 Å². The molecule has 8 nitrogen and oxygen atoms in total. The number of carbonyl (C=O) groups excluding carboxylic acids is 2. The van der Waals surface area contributed by atoms with Gasteiger partial charge in [-0.1, -0.05) is 0 Å². The highest BCUT2D eigenvalue weighted by molar-refractivity contribution is 5.87. The number of primary amides is 1. The molecule has 0 aromatic carbocycles. The molecule has 0 fully saturated rings. The first-order valence-corrected chi connectivity index (χ1v) is 5.52. The smallest absolute Gasteiger partial charge is 0.326 e. The molecule has 5 N–H and O–H groups in total. The number of amides is 3. The van der Waals surface area contributed by atoms with Gasteiger partial charge in [0.05, 0.1) is 19.1 Å². The minimum Gasteiger partial charge on any atom is -0.480 e. The van der Waals surface area contributed by atoms with E-state index in [0.29, 0.717) is 13.2 Å². The summed E-state index contributed by atoms with van der Waals surface area (Å²) in [5.41, 5.74) is 4.88. The fraction of sp³-hybridized carbons (Fsp3) is 0.700. The number of urea groups is 1. The molecule has 0 aromatic rings. The minimum atomic E-state index is -1.33. The van der Waals surface area contributed by atoms with Gasteiger partial charge in [0.2, 0.25) is 5.91 Å². The van der Waals surface area contributed by atoms with E-state index in [-0.39, 0.29) is 6.04 Å². The Morgan fingerprint density at radius 2 is 1.94 bits per heavy atom. The Balaban J connectivity index is 4.17. The molecule has 1 unspecified atom stereocenters. The molecular formula is C10H19N3O5. The summed E-state index contributed by atoms with van der Waals surface area (Å²) >= 11 is 0. The average molecular weight is 261 g/mol. The van der Waals surface area contributed by atoms with E-state index in [2.05, 4.69) is 10.6 Å². The van der Waals surface area contributed by atoms with Gasteiger partial charge >= 0.3 is 12.0 Å². The van der Waals surface area contributed by atoms with Crippen LogP contribution in [0.25, 0.3) is 0 Å². The molecule has 3 amide bonds. The first-order valence-electron chi connectivity index (χ1n) is 5.52. The van der Waals surface area contributed by atoms with Gasteiger partial charge in [-0.2, -0.15) is 0 Å². The summed E-state index contributed by atoms with van der Waals surface area (Å²) in [6.07, 6.45) is -0.456. The molecule has 0 aliphatic carbocycles. The lowest BCUT2D eigenvalue weighted by molar-refractivity contribution is -0.140. The summed E-state index contributed by atoms with van der Waals surface area (Å²) in [6.45, 7) is 4.36. The molecule has 104 valence electrons. The van der Waals surface area contributed by atoms with Gasteiger partial charge < -0.3 is 26.2 Å². The second-order valence-corrected chi connectivity index (χ2v) is 3.74. The van der Waals surface area contributed by atoms with E-state index in [1.807, 2.05) is 6.92 Å². The van der Waals surface area contributed by atoms with Crippen LogP contribution in [-0.2, 0) is 14.3 Å². The van der Waals surface area contributed by atoms with Crippen LogP contribution in [0.2, 0.25) is 0 Å². The first-order chi connectivity index (χ1) is 8.36. The van der Waals surface area contributed by atoms with Gasteiger partial charge in [-0.3, -0.25) is 4.79 Å². The molecule has 8 heteroatoms. The molecule has 0 spiro atoms. The highest BCUT2D eigenvalue weighted by Crippen LogP contribution is 1.92. The van der Waals surface area contributed by atoms with Crippen molar-refractivity contribution >= 4 is 17.9 Å². The van der Waals surface area contributed by atoms with Crippen molar-refractivity contribution in [3.8, 4) is 0 Å². The van der Waals surface area contributed by atoms with E-state index in [1.165, 1.54) is 0 Å². The Labute approximate surface area is 105 Å². The van der Waals surface area contributed by atoms with Gasteiger partial charge in [-0.05, 0) is 13.8 Å². The van der Waals surface area contributed by atoms with Crippen LogP contribution in [0.1, 0.15) is 20.3 Å². The number of nitrogens with one attached hydrogen (secondary N) is 2. The Morgan fingerprint density at radius 3 is 2.39 bits per heavy atom. The maximum absolute atomic E-state index is 11.4. The lowest BCUT2D eigenvalue weighted by Crippen LogP contribution is -2.50. The van der Waals surface area contributed by atoms with Crippen LogP contribution < -0.4 is 16.4 Å². The standard InChI is InChI=1S/C10H19N3O5/c1-3-18-5-6(2)12-10(17)13-7(9(15)16)4-8(11)14/h6-7H,3-5H2,1-2H3,(H2,11,14)(H,15,16)(H2,12,13,17)/t6?,7-/m0/s1. The van der Waals surface area contributed by atoms with E-state index in [9.17, 15) is 14.4 Å². The minimum absolute atomic E-state index is 0.270. The lowest BCUT2D eigenvalue weighted by Gasteiger charge is -2.17. The van der Waals surface area contributed by atoms with Crippen LogP contribution in [0.3, 0.4) is 0 Å². The van der Waals surface area contributed by atoms with E-state index < -0.39 is 30.4 Å². The summed E-state index contributed by atoms with van der Waals surface area (Å²) in [6, 6.07) is -2.29. The Bertz CT molecular complexity index is 308. The zero-order chi connectivity index (χ0) is 14.1. The molecule has 0 saturated heterocycles.